The van der Waals surface area contributed by atoms with E-state index in [9.17, 15) is 9.59 Å². The van der Waals surface area contributed by atoms with Gasteiger partial charge in [0.05, 0.1) is 10.4 Å². The van der Waals surface area contributed by atoms with E-state index in [4.69, 9.17) is 0 Å². The van der Waals surface area contributed by atoms with E-state index >= 15 is 0 Å². The van der Waals surface area contributed by atoms with E-state index in [1.54, 1.807) is 18.0 Å². The highest BCUT2D eigenvalue weighted by molar-refractivity contribution is 8.01. The summed E-state index contributed by atoms with van der Waals surface area (Å²) in [4.78, 5) is 31.7. The second-order valence-electron chi connectivity index (χ2n) is 7.41. The lowest BCUT2D eigenvalue weighted by Crippen LogP contribution is -2.62. The van der Waals surface area contributed by atoms with Gasteiger partial charge in [-0.1, -0.05) is 11.8 Å². The zero-order valence-corrected chi connectivity index (χ0v) is 17.6. The van der Waals surface area contributed by atoms with Crippen LogP contribution < -0.4 is 10.6 Å². The molecule has 2 N–H and O–H groups in total. The van der Waals surface area contributed by atoms with E-state index < -0.39 is 0 Å². The monoisotopic (exact) mass is 416 g/mol. The van der Waals surface area contributed by atoms with E-state index in [1.165, 1.54) is 31.1 Å². The first-order valence-electron chi connectivity index (χ1n) is 9.56. The standard InChI is InChI=1S/C20H24N4O2S2/c1-12-18(14-7-9-24(12)10-8-14)23-19(26)20-21-11-17(28-20)27-16-5-3-15(4-6-16)22-13(2)25/h3-6,11-12,14,18H,7-10H2,1-2H3,(H,22,25)(H,23,26)/t12-,18+/m1/s1. The summed E-state index contributed by atoms with van der Waals surface area (Å²) >= 11 is 2.98. The molecule has 3 aliphatic rings. The van der Waals surface area contributed by atoms with Gasteiger partial charge in [-0.15, -0.1) is 11.3 Å². The zero-order valence-electron chi connectivity index (χ0n) is 16.0. The minimum atomic E-state index is -0.0872. The molecule has 2 aromatic rings. The minimum Gasteiger partial charge on any atom is -0.345 e. The molecule has 2 bridgehead atoms. The van der Waals surface area contributed by atoms with Crippen LogP contribution in [0.2, 0.25) is 0 Å². The number of piperidine rings is 3. The molecule has 4 heterocycles. The van der Waals surface area contributed by atoms with Crippen LogP contribution >= 0.6 is 23.1 Å². The summed E-state index contributed by atoms with van der Waals surface area (Å²) in [5, 5.41) is 6.51. The molecule has 0 spiro atoms. The van der Waals surface area contributed by atoms with Crippen LogP contribution in [0.3, 0.4) is 0 Å². The van der Waals surface area contributed by atoms with Gasteiger partial charge in [0.1, 0.15) is 0 Å². The van der Waals surface area contributed by atoms with Crippen molar-refractivity contribution < 1.29 is 9.59 Å². The Morgan fingerprint density at radius 3 is 2.57 bits per heavy atom. The summed E-state index contributed by atoms with van der Waals surface area (Å²) in [6, 6.07) is 8.25. The van der Waals surface area contributed by atoms with Crippen molar-refractivity contribution in [2.75, 3.05) is 18.4 Å². The molecule has 6 nitrogen and oxygen atoms in total. The Labute approximate surface area is 173 Å². The second kappa shape index (κ2) is 8.23. The van der Waals surface area contributed by atoms with E-state index in [2.05, 4.69) is 27.4 Å². The van der Waals surface area contributed by atoms with Crippen LogP contribution in [-0.4, -0.2) is 46.9 Å². The molecule has 0 unspecified atom stereocenters. The smallest absolute Gasteiger partial charge is 0.280 e. The van der Waals surface area contributed by atoms with E-state index in [-0.39, 0.29) is 17.9 Å². The van der Waals surface area contributed by atoms with Gasteiger partial charge in [-0.25, -0.2) is 4.98 Å². The van der Waals surface area contributed by atoms with Crippen molar-refractivity contribution in [1.29, 1.82) is 0 Å². The molecule has 0 radical (unpaired) electrons. The third kappa shape index (κ3) is 4.24. The predicted octanol–water partition coefficient (Wildman–Crippen LogP) is 3.47. The maximum Gasteiger partial charge on any atom is 0.280 e. The molecule has 3 fully saturated rings. The van der Waals surface area contributed by atoms with Crippen LogP contribution in [-0.2, 0) is 4.79 Å². The quantitative estimate of drug-likeness (QED) is 0.781. The predicted molar refractivity (Wildman–Crippen MR) is 112 cm³/mol. The van der Waals surface area contributed by atoms with Gasteiger partial charge in [-0.3, -0.25) is 14.5 Å². The van der Waals surface area contributed by atoms with Crippen molar-refractivity contribution in [2.45, 2.75) is 47.9 Å². The summed E-state index contributed by atoms with van der Waals surface area (Å²) < 4.78 is 0.972. The second-order valence-corrected chi connectivity index (χ2v) is 9.81. The Balaban J connectivity index is 1.37. The number of hydrogen-bond donors (Lipinski definition) is 2. The number of carbonyl (C=O) groups is 2. The Morgan fingerprint density at radius 2 is 1.93 bits per heavy atom. The number of hydrogen-bond acceptors (Lipinski definition) is 6. The van der Waals surface area contributed by atoms with Gasteiger partial charge in [0.25, 0.3) is 5.91 Å². The van der Waals surface area contributed by atoms with Crippen molar-refractivity contribution in [3.63, 3.8) is 0 Å². The van der Waals surface area contributed by atoms with E-state index in [1.807, 2.05) is 24.3 Å². The van der Waals surface area contributed by atoms with Gasteiger partial charge in [0.2, 0.25) is 5.91 Å². The minimum absolute atomic E-state index is 0.0662. The largest absolute Gasteiger partial charge is 0.345 e. The third-order valence-electron chi connectivity index (χ3n) is 5.55. The molecule has 1 aromatic carbocycles. The zero-order chi connectivity index (χ0) is 19.7. The fourth-order valence-electron chi connectivity index (χ4n) is 4.10. The molecular weight excluding hydrogens is 392 g/mol. The molecule has 28 heavy (non-hydrogen) atoms. The Kier molecular flexibility index (Phi) is 5.70. The Morgan fingerprint density at radius 1 is 1.21 bits per heavy atom. The molecule has 3 saturated heterocycles. The maximum atomic E-state index is 12.7. The van der Waals surface area contributed by atoms with E-state index in [0.717, 1.165) is 27.9 Å². The third-order valence-corrected chi connectivity index (χ3v) is 7.65. The van der Waals surface area contributed by atoms with Crippen molar-refractivity contribution in [2.24, 2.45) is 5.92 Å². The number of fused-ring (bicyclic) bond motifs is 3. The molecule has 148 valence electrons. The number of carbonyl (C=O) groups excluding carboxylic acids is 2. The lowest BCUT2D eigenvalue weighted by atomic mass is 9.79. The van der Waals surface area contributed by atoms with Crippen LogP contribution in [0, 0.1) is 5.92 Å². The lowest BCUT2D eigenvalue weighted by Gasteiger charge is -2.49. The topological polar surface area (TPSA) is 74.3 Å². The number of amides is 2. The first-order valence-corrected chi connectivity index (χ1v) is 11.2. The Hall–Kier alpha value is -1.90. The molecule has 0 saturated carbocycles. The number of thiazole rings is 1. The van der Waals surface area contributed by atoms with Crippen LogP contribution in [0.5, 0.6) is 0 Å². The van der Waals surface area contributed by atoms with Gasteiger partial charge in [-0.05, 0) is 63.0 Å². The number of benzene rings is 1. The summed E-state index contributed by atoms with van der Waals surface area (Å²) in [5.41, 5.74) is 0.771. The summed E-state index contributed by atoms with van der Waals surface area (Å²) in [6.45, 7) is 6.00. The summed E-state index contributed by atoms with van der Waals surface area (Å²) in [7, 11) is 0. The summed E-state index contributed by atoms with van der Waals surface area (Å²) in [6.07, 6.45) is 4.09. The van der Waals surface area contributed by atoms with Gasteiger partial charge >= 0.3 is 0 Å². The van der Waals surface area contributed by atoms with Gasteiger partial charge < -0.3 is 10.6 Å². The van der Waals surface area contributed by atoms with Crippen LogP contribution in [0.15, 0.2) is 39.6 Å². The van der Waals surface area contributed by atoms with Crippen molar-refractivity contribution >= 4 is 40.6 Å². The van der Waals surface area contributed by atoms with Crippen LogP contribution in [0.1, 0.15) is 36.5 Å². The van der Waals surface area contributed by atoms with E-state index in [0.29, 0.717) is 17.0 Å². The fourth-order valence-corrected chi connectivity index (χ4v) is 5.95. The molecular formula is C20H24N4O2S2. The molecule has 2 amide bonds. The number of nitrogens with one attached hydrogen (secondary N) is 2. The number of aromatic nitrogens is 1. The average molecular weight is 417 g/mol. The van der Waals surface area contributed by atoms with Gasteiger partial charge in [-0.2, -0.15) is 0 Å². The highest BCUT2D eigenvalue weighted by atomic mass is 32.2. The van der Waals surface area contributed by atoms with Gasteiger partial charge in [0.15, 0.2) is 5.01 Å². The highest BCUT2D eigenvalue weighted by Crippen LogP contribution is 2.34. The molecule has 0 aliphatic carbocycles. The maximum absolute atomic E-state index is 12.7. The molecule has 2 atom stereocenters. The average Bonchev–Trinajstić information content (AvgIpc) is 3.15. The van der Waals surface area contributed by atoms with Crippen LogP contribution in [0.4, 0.5) is 5.69 Å². The first-order chi connectivity index (χ1) is 13.5. The molecule has 8 heteroatoms. The van der Waals surface area contributed by atoms with Crippen molar-refractivity contribution in [3.8, 4) is 0 Å². The SMILES string of the molecule is CC(=O)Nc1ccc(Sc2cnc(C(=O)N[C@@H]3C4CCN(CC4)[C@@H]3C)s2)cc1. The number of nitrogens with zero attached hydrogens (tertiary/aromatic N) is 2. The number of rotatable bonds is 5. The lowest BCUT2D eigenvalue weighted by molar-refractivity contribution is -0.114. The number of anilines is 1. The first kappa shape index (κ1) is 19.4. The van der Waals surface area contributed by atoms with Crippen molar-refractivity contribution in [1.82, 2.24) is 15.2 Å². The fraction of sp³-hybridized carbons (Fsp3) is 0.450. The Bertz CT molecular complexity index is 857. The molecule has 5 rings (SSSR count). The highest BCUT2D eigenvalue weighted by Gasteiger charge is 2.40. The molecule has 3 aliphatic heterocycles. The van der Waals surface area contributed by atoms with Crippen molar-refractivity contribution in [3.05, 3.63) is 35.5 Å². The molecule has 1 aromatic heterocycles. The normalized spacial score (nSPS) is 26.1. The van der Waals surface area contributed by atoms with Gasteiger partial charge in [0, 0.05) is 29.6 Å². The van der Waals surface area contributed by atoms with Crippen LogP contribution in [0.25, 0.3) is 0 Å². The summed E-state index contributed by atoms with van der Waals surface area (Å²) in [5.74, 6) is 0.430.